The highest BCUT2D eigenvalue weighted by Crippen LogP contribution is 2.33. The first kappa shape index (κ1) is 14.6. The van der Waals surface area contributed by atoms with Gasteiger partial charge in [0.05, 0.1) is 11.9 Å². The van der Waals surface area contributed by atoms with Gasteiger partial charge in [0.1, 0.15) is 10.7 Å². The highest BCUT2D eigenvalue weighted by Gasteiger charge is 2.19. The van der Waals surface area contributed by atoms with E-state index < -0.39 is 0 Å². The van der Waals surface area contributed by atoms with Crippen LogP contribution in [0.5, 0.6) is 0 Å². The number of hydrogen-bond acceptors (Lipinski definition) is 4. The van der Waals surface area contributed by atoms with Crippen LogP contribution in [0.15, 0.2) is 35.1 Å². The van der Waals surface area contributed by atoms with Crippen LogP contribution in [0.25, 0.3) is 10.2 Å². The van der Waals surface area contributed by atoms with Gasteiger partial charge in [-0.25, -0.2) is 4.98 Å². The zero-order valence-electron chi connectivity index (χ0n) is 12.9. The number of hydrogen-bond donors (Lipinski definition) is 2. The average molecular weight is 325 g/mol. The lowest BCUT2D eigenvalue weighted by Crippen LogP contribution is -2.19. The van der Waals surface area contributed by atoms with E-state index in [2.05, 4.69) is 27.4 Å². The van der Waals surface area contributed by atoms with Crippen molar-refractivity contribution in [2.24, 2.45) is 0 Å². The largest absolute Gasteiger partial charge is 0.309 e. The number of benzene rings is 1. The van der Waals surface area contributed by atoms with Crippen LogP contribution < -0.4 is 10.9 Å². The minimum absolute atomic E-state index is 0.0194. The lowest BCUT2D eigenvalue weighted by Gasteiger charge is -2.09. The summed E-state index contributed by atoms with van der Waals surface area (Å²) >= 11 is 1.70. The molecule has 0 saturated carbocycles. The molecule has 0 spiro atoms. The first-order valence-electron chi connectivity index (χ1n) is 8.09. The Morgan fingerprint density at radius 3 is 2.83 bits per heavy atom. The van der Waals surface area contributed by atoms with Gasteiger partial charge < -0.3 is 10.3 Å². The second-order valence-corrected chi connectivity index (χ2v) is 7.08. The Morgan fingerprint density at radius 2 is 1.96 bits per heavy atom. The molecule has 1 aliphatic carbocycles. The molecular formula is C18H19N3OS. The van der Waals surface area contributed by atoms with Crippen LogP contribution in [0.4, 0.5) is 0 Å². The third kappa shape index (κ3) is 2.94. The molecule has 0 fully saturated rings. The van der Waals surface area contributed by atoms with Crippen LogP contribution in [0, 0.1) is 0 Å². The van der Waals surface area contributed by atoms with Crippen LogP contribution in [0.1, 0.15) is 34.7 Å². The number of nitrogens with one attached hydrogen (secondary N) is 2. The van der Waals surface area contributed by atoms with Crippen molar-refractivity contribution in [3.05, 3.63) is 62.5 Å². The summed E-state index contributed by atoms with van der Waals surface area (Å²) in [4.78, 5) is 22.3. The summed E-state index contributed by atoms with van der Waals surface area (Å²) < 4.78 is 0. The molecule has 5 heteroatoms. The van der Waals surface area contributed by atoms with E-state index in [4.69, 9.17) is 0 Å². The van der Waals surface area contributed by atoms with E-state index in [1.807, 2.05) is 18.2 Å². The normalized spacial score (nSPS) is 14.1. The number of aromatic nitrogens is 2. The Morgan fingerprint density at radius 1 is 1.13 bits per heavy atom. The second-order valence-electron chi connectivity index (χ2n) is 5.99. The summed E-state index contributed by atoms with van der Waals surface area (Å²) in [5, 5.41) is 4.17. The van der Waals surface area contributed by atoms with Crippen LogP contribution in [-0.2, 0) is 25.9 Å². The van der Waals surface area contributed by atoms with Gasteiger partial charge in [0.25, 0.3) is 5.56 Å². The van der Waals surface area contributed by atoms with Gasteiger partial charge in [-0.2, -0.15) is 0 Å². The fourth-order valence-corrected chi connectivity index (χ4v) is 4.49. The molecular weight excluding hydrogens is 306 g/mol. The van der Waals surface area contributed by atoms with Gasteiger partial charge in [-0.05, 0) is 36.8 Å². The van der Waals surface area contributed by atoms with Crippen molar-refractivity contribution < 1.29 is 0 Å². The molecule has 0 aliphatic heterocycles. The highest BCUT2D eigenvalue weighted by molar-refractivity contribution is 7.18. The molecule has 1 aromatic carbocycles. The molecule has 0 amide bonds. The number of fused-ring (bicyclic) bond motifs is 3. The summed E-state index contributed by atoms with van der Waals surface area (Å²) in [6, 6.07) is 10.2. The van der Waals surface area contributed by atoms with Gasteiger partial charge in [-0.3, -0.25) is 4.79 Å². The predicted octanol–water partition coefficient (Wildman–Crippen LogP) is 3.15. The molecule has 0 saturated heterocycles. The lowest BCUT2D eigenvalue weighted by molar-refractivity contribution is 0.663. The monoisotopic (exact) mass is 325 g/mol. The fraction of sp³-hybridized carbons (Fsp3) is 0.333. The van der Waals surface area contributed by atoms with E-state index in [0.717, 1.165) is 35.4 Å². The topological polar surface area (TPSA) is 57.8 Å². The summed E-state index contributed by atoms with van der Waals surface area (Å²) in [6.45, 7) is 1.34. The number of H-pyrrole nitrogens is 1. The van der Waals surface area contributed by atoms with Crippen molar-refractivity contribution >= 4 is 21.6 Å². The zero-order chi connectivity index (χ0) is 15.6. The Balaban J connectivity index is 1.55. The second kappa shape index (κ2) is 6.26. The molecule has 0 radical (unpaired) electrons. The standard InChI is InChI=1S/C18H19N3OS/c22-17-16-13-8-4-5-9-14(13)23-18(16)21-15(20-17)11-19-10-12-6-2-1-3-7-12/h1-3,6-7,19H,4-5,8-11H2,(H,20,21,22). The Hall–Kier alpha value is -1.98. The first-order valence-corrected chi connectivity index (χ1v) is 8.91. The zero-order valence-corrected chi connectivity index (χ0v) is 13.7. The van der Waals surface area contributed by atoms with E-state index in [0.29, 0.717) is 6.54 Å². The number of aromatic amines is 1. The summed E-state index contributed by atoms with van der Waals surface area (Å²) in [7, 11) is 0. The molecule has 2 N–H and O–H groups in total. The van der Waals surface area contributed by atoms with Crippen LogP contribution in [0.3, 0.4) is 0 Å². The fourth-order valence-electron chi connectivity index (χ4n) is 3.21. The Labute approximate surface area is 138 Å². The number of thiophene rings is 1. The van der Waals surface area contributed by atoms with Crippen molar-refractivity contribution in [1.82, 2.24) is 15.3 Å². The minimum atomic E-state index is 0.0194. The Bertz CT molecular complexity index is 882. The van der Waals surface area contributed by atoms with E-state index >= 15 is 0 Å². The van der Waals surface area contributed by atoms with Crippen LogP contribution >= 0.6 is 11.3 Å². The van der Waals surface area contributed by atoms with Gasteiger partial charge >= 0.3 is 0 Å². The van der Waals surface area contributed by atoms with Crippen molar-refractivity contribution in [2.75, 3.05) is 0 Å². The molecule has 0 atom stereocenters. The lowest BCUT2D eigenvalue weighted by atomic mass is 9.97. The maximum Gasteiger partial charge on any atom is 0.259 e. The molecule has 23 heavy (non-hydrogen) atoms. The molecule has 0 unspecified atom stereocenters. The van der Waals surface area contributed by atoms with E-state index in [-0.39, 0.29) is 5.56 Å². The van der Waals surface area contributed by atoms with Crippen LogP contribution in [0.2, 0.25) is 0 Å². The summed E-state index contributed by atoms with van der Waals surface area (Å²) in [5.41, 5.74) is 2.49. The molecule has 2 heterocycles. The molecule has 1 aliphatic rings. The van der Waals surface area contributed by atoms with E-state index in [1.165, 1.54) is 28.8 Å². The van der Waals surface area contributed by atoms with E-state index in [9.17, 15) is 4.79 Å². The molecule has 4 nitrogen and oxygen atoms in total. The van der Waals surface area contributed by atoms with Gasteiger partial charge in [-0.1, -0.05) is 30.3 Å². The summed E-state index contributed by atoms with van der Waals surface area (Å²) in [6.07, 6.45) is 4.52. The quantitative estimate of drug-likeness (QED) is 0.775. The van der Waals surface area contributed by atoms with Crippen molar-refractivity contribution in [2.45, 2.75) is 38.8 Å². The smallest absolute Gasteiger partial charge is 0.259 e. The maximum atomic E-state index is 12.4. The number of rotatable bonds is 4. The first-order chi connectivity index (χ1) is 11.3. The SMILES string of the molecule is O=c1[nH]c(CNCc2ccccc2)nc2sc3c(c12)CCCC3. The summed E-state index contributed by atoms with van der Waals surface area (Å²) in [5.74, 6) is 0.719. The van der Waals surface area contributed by atoms with Crippen molar-refractivity contribution in [3.8, 4) is 0 Å². The van der Waals surface area contributed by atoms with Crippen molar-refractivity contribution in [1.29, 1.82) is 0 Å². The van der Waals surface area contributed by atoms with Gasteiger partial charge in [0.2, 0.25) is 0 Å². The molecule has 118 valence electrons. The molecule has 4 rings (SSSR count). The van der Waals surface area contributed by atoms with Crippen LogP contribution in [-0.4, -0.2) is 9.97 Å². The third-order valence-electron chi connectivity index (χ3n) is 4.34. The van der Waals surface area contributed by atoms with Crippen molar-refractivity contribution in [3.63, 3.8) is 0 Å². The minimum Gasteiger partial charge on any atom is -0.309 e. The molecule has 2 aromatic heterocycles. The molecule has 0 bridgehead atoms. The van der Waals surface area contributed by atoms with Gasteiger partial charge in [0, 0.05) is 11.4 Å². The average Bonchev–Trinajstić information content (AvgIpc) is 2.94. The highest BCUT2D eigenvalue weighted by atomic mass is 32.1. The Kier molecular flexibility index (Phi) is 3.97. The predicted molar refractivity (Wildman–Crippen MR) is 93.9 cm³/mol. The van der Waals surface area contributed by atoms with Gasteiger partial charge in [-0.15, -0.1) is 11.3 Å². The number of nitrogens with zero attached hydrogens (tertiary/aromatic N) is 1. The number of aryl methyl sites for hydroxylation is 2. The molecule has 3 aromatic rings. The van der Waals surface area contributed by atoms with E-state index in [1.54, 1.807) is 11.3 Å². The maximum absolute atomic E-state index is 12.4. The third-order valence-corrected chi connectivity index (χ3v) is 5.52. The van der Waals surface area contributed by atoms with Gasteiger partial charge in [0.15, 0.2) is 0 Å².